The molecule has 6 nitrogen and oxygen atoms in total. The predicted molar refractivity (Wildman–Crippen MR) is 122 cm³/mol. The van der Waals surface area contributed by atoms with Gasteiger partial charge in [-0.3, -0.25) is 0 Å². The van der Waals surface area contributed by atoms with Crippen molar-refractivity contribution in [3.05, 3.63) is 28.3 Å². The maximum Gasteiger partial charge on any atom is 0.185 e. The van der Waals surface area contributed by atoms with Crippen LogP contribution in [-0.4, -0.2) is 66.2 Å². The molecule has 1 saturated heterocycles. The number of aromatic nitrogens is 3. The van der Waals surface area contributed by atoms with Crippen molar-refractivity contribution in [1.82, 2.24) is 19.9 Å². The predicted octanol–water partition coefficient (Wildman–Crippen LogP) is 4.05. The number of aryl methyl sites for hydroxylation is 2. The lowest BCUT2D eigenvalue weighted by Crippen LogP contribution is -2.46. The molecule has 4 heterocycles. The lowest BCUT2D eigenvalue weighted by molar-refractivity contribution is 0.373. The van der Waals surface area contributed by atoms with Crippen LogP contribution in [0.5, 0.6) is 0 Å². The molecule has 0 aromatic carbocycles. The minimum absolute atomic E-state index is 0.972. The first-order valence-electron chi connectivity index (χ1n) is 9.83. The standard InChI is InChI=1S/C15H17N5S2.C5H13N/c1-10-11(2)22-14-12(10)13(17-9-18-14)19-4-6-20(7-5-19)15-16-3-8-21-15;1-4-6(3)5-2/h3,8-9H,4-7H2,1-2H3;4-5H2,1-3H3. The molecule has 3 aromatic rings. The Balaban J connectivity index is 0.000000330. The van der Waals surface area contributed by atoms with Gasteiger partial charge >= 0.3 is 0 Å². The average Bonchev–Trinajstić information content (AvgIpc) is 3.37. The van der Waals surface area contributed by atoms with Crippen LogP contribution in [0.1, 0.15) is 24.3 Å². The Hall–Kier alpha value is -1.77. The van der Waals surface area contributed by atoms with Crippen molar-refractivity contribution in [2.45, 2.75) is 27.7 Å². The largest absolute Gasteiger partial charge is 0.352 e. The second kappa shape index (κ2) is 9.62. The van der Waals surface area contributed by atoms with E-state index in [1.807, 2.05) is 11.6 Å². The number of fused-ring (bicyclic) bond motifs is 1. The van der Waals surface area contributed by atoms with Gasteiger partial charge in [0.2, 0.25) is 0 Å². The van der Waals surface area contributed by atoms with Gasteiger partial charge in [-0.15, -0.1) is 22.7 Å². The quantitative estimate of drug-likeness (QED) is 0.637. The highest BCUT2D eigenvalue weighted by molar-refractivity contribution is 7.18. The van der Waals surface area contributed by atoms with Gasteiger partial charge in [-0.1, -0.05) is 13.8 Å². The van der Waals surface area contributed by atoms with Gasteiger partial charge in [0.25, 0.3) is 0 Å². The zero-order chi connectivity index (χ0) is 20.1. The number of nitrogens with zero attached hydrogens (tertiary/aromatic N) is 6. The summed E-state index contributed by atoms with van der Waals surface area (Å²) in [7, 11) is 2.11. The summed E-state index contributed by atoms with van der Waals surface area (Å²) in [6.07, 6.45) is 3.57. The minimum atomic E-state index is 0.972. The van der Waals surface area contributed by atoms with Gasteiger partial charge in [0.05, 0.1) is 5.39 Å². The van der Waals surface area contributed by atoms with Crippen molar-refractivity contribution in [2.75, 3.05) is 56.1 Å². The fourth-order valence-electron chi connectivity index (χ4n) is 3.11. The maximum atomic E-state index is 4.58. The molecular formula is C20H30N6S2. The molecule has 0 atom stereocenters. The third-order valence-corrected chi connectivity index (χ3v) is 7.24. The minimum Gasteiger partial charge on any atom is -0.352 e. The molecule has 28 heavy (non-hydrogen) atoms. The smallest absolute Gasteiger partial charge is 0.185 e. The van der Waals surface area contributed by atoms with Crippen LogP contribution in [0.4, 0.5) is 10.9 Å². The van der Waals surface area contributed by atoms with Crippen LogP contribution in [0.2, 0.25) is 0 Å². The van der Waals surface area contributed by atoms with Crippen LogP contribution in [-0.2, 0) is 0 Å². The molecule has 8 heteroatoms. The Bertz CT molecular complexity index is 864. The first-order chi connectivity index (χ1) is 13.5. The zero-order valence-corrected chi connectivity index (χ0v) is 19.1. The molecule has 0 bridgehead atoms. The third kappa shape index (κ3) is 4.61. The van der Waals surface area contributed by atoms with E-state index in [2.05, 4.69) is 64.4 Å². The summed E-state index contributed by atoms with van der Waals surface area (Å²) in [5.74, 6) is 1.09. The lowest BCUT2D eigenvalue weighted by Gasteiger charge is -2.35. The van der Waals surface area contributed by atoms with Crippen LogP contribution < -0.4 is 9.80 Å². The van der Waals surface area contributed by atoms with Gasteiger partial charge in [-0.05, 0) is 39.5 Å². The van der Waals surface area contributed by atoms with Gasteiger partial charge < -0.3 is 14.7 Å². The van der Waals surface area contributed by atoms with Crippen LogP contribution in [0.3, 0.4) is 0 Å². The molecule has 152 valence electrons. The number of piperazine rings is 1. The molecule has 0 N–H and O–H groups in total. The van der Waals surface area contributed by atoms with Crippen molar-refractivity contribution < 1.29 is 0 Å². The van der Waals surface area contributed by atoms with Gasteiger partial charge in [-0.25, -0.2) is 15.0 Å². The number of thiophene rings is 1. The molecular weight excluding hydrogens is 388 g/mol. The fraction of sp³-hybridized carbons (Fsp3) is 0.550. The zero-order valence-electron chi connectivity index (χ0n) is 17.5. The number of anilines is 2. The second-order valence-corrected chi connectivity index (χ2v) is 9.01. The summed E-state index contributed by atoms with van der Waals surface area (Å²) >= 11 is 3.47. The molecule has 1 aliphatic heterocycles. The summed E-state index contributed by atoms with van der Waals surface area (Å²) < 4.78 is 0. The SMILES string of the molecule is CCN(C)CC.Cc1sc2ncnc(N3CCN(c4nccs4)CC3)c2c1C. The van der Waals surface area contributed by atoms with Crippen molar-refractivity contribution in [2.24, 2.45) is 0 Å². The van der Waals surface area contributed by atoms with E-state index in [1.165, 1.54) is 15.8 Å². The maximum absolute atomic E-state index is 4.58. The Kier molecular flexibility index (Phi) is 7.20. The molecule has 1 fully saturated rings. The topological polar surface area (TPSA) is 48.4 Å². The number of rotatable bonds is 4. The van der Waals surface area contributed by atoms with Crippen molar-refractivity contribution in [3.63, 3.8) is 0 Å². The summed E-state index contributed by atoms with van der Waals surface area (Å²) in [6, 6.07) is 0. The highest BCUT2D eigenvalue weighted by atomic mass is 32.1. The van der Waals surface area contributed by atoms with Crippen LogP contribution >= 0.6 is 22.7 Å². The normalized spacial score (nSPS) is 14.5. The monoisotopic (exact) mass is 418 g/mol. The number of hydrogen-bond donors (Lipinski definition) is 0. The molecule has 0 radical (unpaired) electrons. The second-order valence-electron chi connectivity index (χ2n) is 6.94. The van der Waals surface area contributed by atoms with Gasteiger partial charge in [0.1, 0.15) is 17.0 Å². The Morgan fingerprint density at radius 2 is 1.68 bits per heavy atom. The van der Waals surface area contributed by atoms with E-state index in [0.717, 1.165) is 55.0 Å². The van der Waals surface area contributed by atoms with E-state index in [4.69, 9.17) is 0 Å². The first kappa shape index (κ1) is 21.0. The van der Waals surface area contributed by atoms with Crippen molar-refractivity contribution in [1.29, 1.82) is 0 Å². The van der Waals surface area contributed by atoms with E-state index in [1.54, 1.807) is 29.0 Å². The Morgan fingerprint density at radius 1 is 1.00 bits per heavy atom. The van der Waals surface area contributed by atoms with Crippen LogP contribution in [0, 0.1) is 13.8 Å². The van der Waals surface area contributed by atoms with Gasteiger partial charge in [0, 0.05) is 42.6 Å². The van der Waals surface area contributed by atoms with E-state index in [9.17, 15) is 0 Å². The molecule has 3 aromatic heterocycles. The molecule has 0 unspecified atom stereocenters. The van der Waals surface area contributed by atoms with Gasteiger partial charge in [0.15, 0.2) is 5.13 Å². The van der Waals surface area contributed by atoms with Crippen LogP contribution in [0.25, 0.3) is 10.2 Å². The summed E-state index contributed by atoms with van der Waals surface area (Å²) in [4.78, 5) is 22.8. The summed E-state index contributed by atoms with van der Waals surface area (Å²) in [5, 5.41) is 4.38. The highest BCUT2D eigenvalue weighted by Crippen LogP contribution is 2.34. The summed E-state index contributed by atoms with van der Waals surface area (Å²) in [5.41, 5.74) is 1.32. The molecule has 1 aliphatic rings. The highest BCUT2D eigenvalue weighted by Gasteiger charge is 2.22. The van der Waals surface area contributed by atoms with E-state index in [-0.39, 0.29) is 0 Å². The Labute approximate surface area is 175 Å². The average molecular weight is 419 g/mol. The molecule has 0 saturated carbocycles. The van der Waals surface area contributed by atoms with Crippen molar-refractivity contribution in [3.8, 4) is 0 Å². The van der Waals surface area contributed by atoms with E-state index in [0.29, 0.717) is 0 Å². The molecule has 0 spiro atoms. The van der Waals surface area contributed by atoms with E-state index >= 15 is 0 Å². The fourth-order valence-corrected chi connectivity index (χ4v) is 4.80. The molecule has 4 rings (SSSR count). The number of thiazole rings is 1. The van der Waals surface area contributed by atoms with E-state index < -0.39 is 0 Å². The Morgan fingerprint density at radius 3 is 2.25 bits per heavy atom. The first-order valence-corrected chi connectivity index (χ1v) is 11.5. The third-order valence-electron chi connectivity index (χ3n) is 5.29. The van der Waals surface area contributed by atoms with Crippen molar-refractivity contribution >= 4 is 43.8 Å². The van der Waals surface area contributed by atoms with Gasteiger partial charge in [-0.2, -0.15) is 0 Å². The van der Waals surface area contributed by atoms with Crippen LogP contribution in [0.15, 0.2) is 17.9 Å². The molecule has 0 aliphatic carbocycles. The lowest BCUT2D eigenvalue weighted by atomic mass is 10.2. The summed E-state index contributed by atoms with van der Waals surface area (Å²) in [6.45, 7) is 14.9. The molecule has 0 amide bonds. The number of hydrogen-bond acceptors (Lipinski definition) is 8.